The van der Waals surface area contributed by atoms with E-state index in [1.807, 2.05) is 0 Å². The molecule has 0 saturated heterocycles. The van der Waals surface area contributed by atoms with Crippen LogP contribution in [0.15, 0.2) is 0 Å². The van der Waals surface area contributed by atoms with Gasteiger partial charge in [0, 0.05) is 0 Å². The zero-order valence-corrected chi connectivity index (χ0v) is 7.43. The second kappa shape index (κ2) is 3.61. The highest BCUT2D eigenvalue weighted by Gasteiger charge is 2.39. The van der Waals surface area contributed by atoms with Gasteiger partial charge in [0.05, 0.1) is 12.6 Å². The summed E-state index contributed by atoms with van der Waals surface area (Å²) in [6.45, 7) is 2.61. The van der Waals surface area contributed by atoms with E-state index in [0.29, 0.717) is 12.5 Å². The lowest BCUT2D eigenvalue weighted by Crippen LogP contribution is -2.46. The van der Waals surface area contributed by atoms with Crippen molar-refractivity contribution in [3.05, 3.63) is 0 Å². The monoisotopic (exact) mass is 162 g/mol. The highest BCUT2D eigenvalue weighted by Crippen LogP contribution is 2.34. The molecule has 2 unspecified atom stereocenters. The zero-order valence-electron chi connectivity index (χ0n) is 7.43. The molecule has 2 atom stereocenters. The Morgan fingerprint density at radius 1 is 1.75 bits per heavy atom. The summed E-state index contributed by atoms with van der Waals surface area (Å²) in [7, 11) is 0. The summed E-state index contributed by atoms with van der Waals surface area (Å²) in [5, 5.41) is 12.2. The Morgan fingerprint density at radius 2 is 2.50 bits per heavy atom. The standard InChI is InChI=1S/C10H14N2/c1-3-7-12-10(8-11)6-4-5-9(10)2/h1,9,12H,4-7H2,2H3. The van der Waals surface area contributed by atoms with E-state index in [1.54, 1.807) is 0 Å². The molecule has 1 saturated carbocycles. The van der Waals surface area contributed by atoms with Crippen molar-refractivity contribution in [2.24, 2.45) is 5.92 Å². The van der Waals surface area contributed by atoms with Gasteiger partial charge < -0.3 is 0 Å². The molecule has 0 bridgehead atoms. The first-order valence-electron chi connectivity index (χ1n) is 4.35. The molecule has 1 N–H and O–H groups in total. The summed E-state index contributed by atoms with van der Waals surface area (Å²) >= 11 is 0. The van der Waals surface area contributed by atoms with Crippen LogP contribution in [0.25, 0.3) is 0 Å². The zero-order chi connectivity index (χ0) is 9.03. The van der Waals surface area contributed by atoms with Crippen LogP contribution in [0.3, 0.4) is 0 Å². The van der Waals surface area contributed by atoms with E-state index in [9.17, 15) is 0 Å². The molecule has 0 heterocycles. The third-order valence-corrected chi connectivity index (χ3v) is 2.75. The van der Waals surface area contributed by atoms with Gasteiger partial charge in [-0.2, -0.15) is 5.26 Å². The topological polar surface area (TPSA) is 35.8 Å². The maximum Gasteiger partial charge on any atom is 0.110 e. The molecule has 0 amide bonds. The fraction of sp³-hybridized carbons (Fsp3) is 0.700. The molecule has 1 aliphatic carbocycles. The summed E-state index contributed by atoms with van der Waals surface area (Å²) in [4.78, 5) is 0. The average molecular weight is 162 g/mol. The number of nitrogens with zero attached hydrogens (tertiary/aromatic N) is 1. The Hall–Kier alpha value is -0.990. The molecule has 12 heavy (non-hydrogen) atoms. The molecular formula is C10H14N2. The Bertz CT molecular complexity index is 233. The fourth-order valence-corrected chi connectivity index (χ4v) is 1.86. The highest BCUT2D eigenvalue weighted by molar-refractivity contribution is 5.14. The predicted octanol–water partition coefficient (Wildman–Crippen LogP) is 1.29. The molecule has 0 aromatic heterocycles. The first-order chi connectivity index (χ1) is 5.75. The van der Waals surface area contributed by atoms with E-state index in [4.69, 9.17) is 11.7 Å². The molecular weight excluding hydrogens is 148 g/mol. The number of nitriles is 1. The van der Waals surface area contributed by atoms with Gasteiger partial charge in [-0.05, 0) is 18.8 Å². The van der Waals surface area contributed by atoms with Crippen LogP contribution in [0, 0.1) is 29.6 Å². The van der Waals surface area contributed by atoms with Gasteiger partial charge in [0.2, 0.25) is 0 Å². The van der Waals surface area contributed by atoms with Crippen molar-refractivity contribution >= 4 is 0 Å². The van der Waals surface area contributed by atoms with Crippen molar-refractivity contribution in [2.45, 2.75) is 31.7 Å². The van der Waals surface area contributed by atoms with Crippen molar-refractivity contribution in [1.29, 1.82) is 5.26 Å². The van der Waals surface area contributed by atoms with Crippen molar-refractivity contribution in [3.8, 4) is 18.4 Å². The van der Waals surface area contributed by atoms with Gasteiger partial charge in [-0.1, -0.05) is 19.3 Å². The van der Waals surface area contributed by atoms with Crippen LogP contribution in [0.5, 0.6) is 0 Å². The summed E-state index contributed by atoms with van der Waals surface area (Å²) in [5.74, 6) is 2.94. The normalized spacial score (nSPS) is 34.1. The Morgan fingerprint density at radius 3 is 2.92 bits per heavy atom. The molecule has 0 radical (unpaired) electrons. The van der Waals surface area contributed by atoms with E-state index in [0.717, 1.165) is 19.3 Å². The Balaban J connectivity index is 2.64. The number of hydrogen-bond donors (Lipinski definition) is 1. The predicted molar refractivity (Wildman–Crippen MR) is 48.2 cm³/mol. The van der Waals surface area contributed by atoms with E-state index in [-0.39, 0.29) is 5.54 Å². The second-order valence-electron chi connectivity index (χ2n) is 3.43. The molecule has 64 valence electrons. The van der Waals surface area contributed by atoms with Crippen LogP contribution < -0.4 is 5.32 Å². The van der Waals surface area contributed by atoms with E-state index in [1.165, 1.54) is 0 Å². The number of terminal acetylenes is 1. The van der Waals surface area contributed by atoms with Crippen LogP contribution in [0.4, 0.5) is 0 Å². The first-order valence-corrected chi connectivity index (χ1v) is 4.35. The third-order valence-electron chi connectivity index (χ3n) is 2.75. The van der Waals surface area contributed by atoms with Crippen LogP contribution >= 0.6 is 0 Å². The van der Waals surface area contributed by atoms with E-state index < -0.39 is 0 Å². The van der Waals surface area contributed by atoms with Crippen LogP contribution in [0.2, 0.25) is 0 Å². The molecule has 0 aromatic carbocycles. The smallest absolute Gasteiger partial charge is 0.110 e. The maximum atomic E-state index is 9.03. The highest BCUT2D eigenvalue weighted by atomic mass is 15.0. The van der Waals surface area contributed by atoms with Gasteiger partial charge >= 0.3 is 0 Å². The molecule has 1 rings (SSSR count). The van der Waals surface area contributed by atoms with E-state index >= 15 is 0 Å². The van der Waals surface area contributed by atoms with Gasteiger partial charge in [0.25, 0.3) is 0 Å². The molecule has 2 nitrogen and oxygen atoms in total. The van der Waals surface area contributed by atoms with E-state index in [2.05, 4.69) is 24.2 Å². The van der Waals surface area contributed by atoms with Crippen molar-refractivity contribution in [3.63, 3.8) is 0 Å². The molecule has 2 heteroatoms. The lowest BCUT2D eigenvalue weighted by molar-refractivity contribution is 0.352. The van der Waals surface area contributed by atoms with Gasteiger partial charge in [-0.3, -0.25) is 5.32 Å². The molecule has 1 aliphatic rings. The van der Waals surface area contributed by atoms with Crippen LogP contribution in [-0.4, -0.2) is 12.1 Å². The summed E-state index contributed by atoms with van der Waals surface area (Å²) < 4.78 is 0. The van der Waals surface area contributed by atoms with Crippen LogP contribution in [0.1, 0.15) is 26.2 Å². The SMILES string of the molecule is C#CCNC1(C#N)CCCC1C. The Kier molecular flexibility index (Phi) is 2.74. The number of rotatable bonds is 2. The molecule has 1 fully saturated rings. The second-order valence-corrected chi connectivity index (χ2v) is 3.43. The lowest BCUT2D eigenvalue weighted by atomic mass is 9.90. The lowest BCUT2D eigenvalue weighted by Gasteiger charge is -2.26. The molecule has 0 spiro atoms. The first kappa shape index (κ1) is 9.10. The van der Waals surface area contributed by atoms with Crippen LogP contribution in [-0.2, 0) is 0 Å². The molecule has 0 aliphatic heterocycles. The fourth-order valence-electron chi connectivity index (χ4n) is 1.86. The van der Waals surface area contributed by atoms with Crippen molar-refractivity contribution < 1.29 is 0 Å². The minimum Gasteiger partial charge on any atom is -0.288 e. The quantitative estimate of drug-likeness (QED) is 0.621. The summed E-state index contributed by atoms with van der Waals surface area (Å²) in [5.41, 5.74) is -0.341. The average Bonchev–Trinajstić information content (AvgIpc) is 2.45. The Labute approximate surface area is 74.0 Å². The largest absolute Gasteiger partial charge is 0.288 e. The van der Waals surface area contributed by atoms with Gasteiger partial charge in [0.15, 0.2) is 0 Å². The van der Waals surface area contributed by atoms with Crippen molar-refractivity contribution in [1.82, 2.24) is 5.32 Å². The molecule has 0 aromatic rings. The number of hydrogen-bond acceptors (Lipinski definition) is 2. The summed E-state index contributed by atoms with van der Waals surface area (Å²) in [6.07, 6.45) is 8.34. The van der Waals surface area contributed by atoms with Gasteiger partial charge in [-0.25, -0.2) is 0 Å². The third kappa shape index (κ3) is 1.44. The van der Waals surface area contributed by atoms with Gasteiger partial charge in [0.1, 0.15) is 5.54 Å². The number of nitrogens with one attached hydrogen (secondary N) is 1. The minimum absolute atomic E-state index is 0.341. The van der Waals surface area contributed by atoms with Gasteiger partial charge in [-0.15, -0.1) is 6.42 Å². The maximum absolute atomic E-state index is 9.03. The summed E-state index contributed by atoms with van der Waals surface area (Å²) in [6, 6.07) is 2.36. The van der Waals surface area contributed by atoms with Crippen molar-refractivity contribution in [2.75, 3.05) is 6.54 Å². The minimum atomic E-state index is -0.341.